The number of aliphatic hydroxyl groups is 2. The second-order valence-corrected chi connectivity index (χ2v) is 7.15. The lowest BCUT2D eigenvalue weighted by molar-refractivity contribution is -0.157. The standard InChI is InChI=1S/C14H28O4/c1-13(2,3)7-11(14(4,5)6)12(17)18-9-10(16)8-15/h10-11,15-16H,7-9H2,1-6H3. The number of rotatable bonds is 5. The number of carbonyl (C=O) groups excluding carboxylic acids is 1. The highest BCUT2D eigenvalue weighted by Gasteiger charge is 2.35. The van der Waals surface area contributed by atoms with Crippen molar-refractivity contribution >= 4 is 5.97 Å². The second kappa shape index (κ2) is 6.53. The van der Waals surface area contributed by atoms with Gasteiger partial charge in [-0.1, -0.05) is 41.5 Å². The maximum Gasteiger partial charge on any atom is 0.309 e. The van der Waals surface area contributed by atoms with Gasteiger partial charge in [-0.25, -0.2) is 0 Å². The Labute approximate surface area is 110 Å². The number of hydrogen-bond donors (Lipinski definition) is 2. The van der Waals surface area contributed by atoms with Crippen LogP contribution in [0.4, 0.5) is 0 Å². The Morgan fingerprint density at radius 1 is 1.17 bits per heavy atom. The highest BCUT2D eigenvalue weighted by atomic mass is 16.5. The maximum absolute atomic E-state index is 12.1. The second-order valence-electron chi connectivity index (χ2n) is 7.15. The molecule has 0 radical (unpaired) electrons. The Kier molecular flexibility index (Phi) is 6.30. The Bertz CT molecular complexity index is 260. The molecule has 0 aliphatic rings. The molecular weight excluding hydrogens is 232 g/mol. The monoisotopic (exact) mass is 260 g/mol. The third kappa shape index (κ3) is 6.97. The molecule has 0 aliphatic heterocycles. The quantitative estimate of drug-likeness (QED) is 0.742. The summed E-state index contributed by atoms with van der Waals surface area (Å²) in [6, 6.07) is 0. The van der Waals surface area contributed by atoms with Gasteiger partial charge in [0, 0.05) is 0 Å². The van der Waals surface area contributed by atoms with Crippen molar-refractivity contribution in [2.24, 2.45) is 16.7 Å². The minimum atomic E-state index is -0.996. The molecule has 0 aromatic carbocycles. The minimum Gasteiger partial charge on any atom is -0.463 e. The fourth-order valence-electron chi connectivity index (χ4n) is 1.69. The summed E-state index contributed by atoms with van der Waals surface area (Å²) in [5.74, 6) is -0.520. The molecule has 18 heavy (non-hydrogen) atoms. The van der Waals surface area contributed by atoms with Crippen LogP contribution in [0, 0.1) is 16.7 Å². The van der Waals surface area contributed by atoms with Crippen LogP contribution in [-0.2, 0) is 9.53 Å². The minimum absolute atomic E-state index is 0.0343. The number of aliphatic hydroxyl groups excluding tert-OH is 2. The summed E-state index contributed by atoms with van der Waals surface area (Å²) in [7, 11) is 0. The highest BCUT2D eigenvalue weighted by molar-refractivity contribution is 5.73. The molecule has 0 bridgehead atoms. The topological polar surface area (TPSA) is 66.8 Å². The van der Waals surface area contributed by atoms with Crippen LogP contribution in [0.25, 0.3) is 0 Å². The van der Waals surface area contributed by atoms with Gasteiger partial charge in [-0.2, -0.15) is 0 Å². The van der Waals surface area contributed by atoms with Gasteiger partial charge in [-0.15, -0.1) is 0 Å². The summed E-state index contributed by atoms with van der Waals surface area (Å²) in [6.07, 6.45) is -0.269. The third-order valence-corrected chi connectivity index (χ3v) is 2.78. The molecule has 4 nitrogen and oxygen atoms in total. The fourth-order valence-corrected chi connectivity index (χ4v) is 1.69. The van der Waals surface area contributed by atoms with Crippen LogP contribution in [-0.4, -0.2) is 35.5 Å². The van der Waals surface area contributed by atoms with E-state index in [1.165, 1.54) is 0 Å². The summed E-state index contributed by atoms with van der Waals surface area (Å²) < 4.78 is 5.08. The van der Waals surface area contributed by atoms with E-state index in [0.717, 1.165) is 6.42 Å². The van der Waals surface area contributed by atoms with Gasteiger partial charge in [0.25, 0.3) is 0 Å². The van der Waals surface area contributed by atoms with Gasteiger partial charge in [0.2, 0.25) is 0 Å². The molecule has 0 spiro atoms. The van der Waals surface area contributed by atoms with Gasteiger partial charge in [-0.05, 0) is 17.3 Å². The van der Waals surface area contributed by atoms with Crippen molar-refractivity contribution < 1.29 is 19.7 Å². The first kappa shape index (κ1) is 17.4. The van der Waals surface area contributed by atoms with Crippen LogP contribution in [0.2, 0.25) is 0 Å². The summed E-state index contributed by atoms with van der Waals surface area (Å²) in [4.78, 5) is 12.1. The Morgan fingerprint density at radius 2 is 1.67 bits per heavy atom. The molecule has 108 valence electrons. The predicted octanol–water partition coefficient (Wildman–Crippen LogP) is 1.98. The lowest BCUT2D eigenvalue weighted by Crippen LogP contribution is -2.35. The van der Waals surface area contributed by atoms with E-state index in [0.29, 0.717) is 0 Å². The summed E-state index contributed by atoms with van der Waals surface area (Å²) in [5, 5.41) is 17.9. The van der Waals surface area contributed by atoms with Crippen LogP contribution in [0.1, 0.15) is 48.0 Å². The van der Waals surface area contributed by atoms with E-state index in [2.05, 4.69) is 20.8 Å². The van der Waals surface area contributed by atoms with Crippen molar-refractivity contribution in [3.63, 3.8) is 0 Å². The highest BCUT2D eigenvalue weighted by Crippen LogP contribution is 2.36. The molecule has 2 N–H and O–H groups in total. The van der Waals surface area contributed by atoms with Crippen molar-refractivity contribution in [3.8, 4) is 0 Å². The zero-order valence-corrected chi connectivity index (χ0v) is 12.5. The molecule has 0 aromatic heterocycles. The van der Waals surface area contributed by atoms with E-state index in [4.69, 9.17) is 9.84 Å². The average molecular weight is 260 g/mol. The molecule has 0 aromatic rings. The van der Waals surface area contributed by atoms with E-state index < -0.39 is 12.7 Å². The Hall–Kier alpha value is -0.610. The van der Waals surface area contributed by atoms with Gasteiger partial charge < -0.3 is 14.9 Å². The van der Waals surface area contributed by atoms with Gasteiger partial charge in [-0.3, -0.25) is 4.79 Å². The van der Waals surface area contributed by atoms with Crippen molar-refractivity contribution in [1.29, 1.82) is 0 Å². The van der Waals surface area contributed by atoms with Crippen molar-refractivity contribution in [2.75, 3.05) is 13.2 Å². The van der Waals surface area contributed by atoms with Crippen LogP contribution in [0.3, 0.4) is 0 Å². The normalized spacial score (nSPS) is 16.2. The third-order valence-electron chi connectivity index (χ3n) is 2.78. The summed E-state index contributed by atoms with van der Waals surface area (Å²) in [6.45, 7) is 11.7. The van der Waals surface area contributed by atoms with E-state index in [1.807, 2.05) is 20.8 Å². The maximum atomic E-state index is 12.1. The zero-order valence-electron chi connectivity index (χ0n) is 12.5. The first-order chi connectivity index (χ1) is 7.97. The molecule has 0 saturated heterocycles. The summed E-state index contributed by atoms with van der Waals surface area (Å²) in [5.41, 5.74) is -0.152. The van der Waals surface area contributed by atoms with Gasteiger partial charge in [0.05, 0.1) is 12.5 Å². The smallest absolute Gasteiger partial charge is 0.309 e. The van der Waals surface area contributed by atoms with E-state index in [9.17, 15) is 9.90 Å². The van der Waals surface area contributed by atoms with Crippen LogP contribution in [0.15, 0.2) is 0 Å². The summed E-state index contributed by atoms with van der Waals surface area (Å²) >= 11 is 0. The average Bonchev–Trinajstić information content (AvgIpc) is 2.19. The van der Waals surface area contributed by atoms with Crippen molar-refractivity contribution in [3.05, 3.63) is 0 Å². The van der Waals surface area contributed by atoms with Crippen LogP contribution in [0.5, 0.6) is 0 Å². The molecule has 0 heterocycles. The number of hydrogen-bond acceptors (Lipinski definition) is 4. The first-order valence-corrected chi connectivity index (χ1v) is 6.43. The first-order valence-electron chi connectivity index (χ1n) is 6.43. The van der Waals surface area contributed by atoms with Gasteiger partial charge in [0.1, 0.15) is 12.7 Å². The van der Waals surface area contributed by atoms with Crippen molar-refractivity contribution in [1.82, 2.24) is 0 Å². The van der Waals surface area contributed by atoms with Crippen molar-refractivity contribution in [2.45, 2.75) is 54.1 Å². The predicted molar refractivity (Wildman–Crippen MR) is 71.1 cm³/mol. The lowest BCUT2D eigenvalue weighted by atomic mass is 9.72. The molecule has 4 heteroatoms. The van der Waals surface area contributed by atoms with E-state index in [1.54, 1.807) is 0 Å². The van der Waals surface area contributed by atoms with Crippen LogP contribution < -0.4 is 0 Å². The van der Waals surface area contributed by atoms with Gasteiger partial charge in [0.15, 0.2) is 0 Å². The number of ether oxygens (including phenoxy) is 1. The van der Waals surface area contributed by atoms with E-state index >= 15 is 0 Å². The molecule has 2 atom stereocenters. The molecule has 0 rings (SSSR count). The molecule has 2 unspecified atom stereocenters. The lowest BCUT2D eigenvalue weighted by Gasteiger charge is -2.33. The van der Waals surface area contributed by atoms with Crippen LogP contribution >= 0.6 is 0 Å². The fraction of sp³-hybridized carbons (Fsp3) is 0.929. The van der Waals surface area contributed by atoms with Gasteiger partial charge >= 0.3 is 5.97 Å². The largest absolute Gasteiger partial charge is 0.463 e. The SMILES string of the molecule is CC(C)(C)CC(C(=O)OCC(O)CO)C(C)(C)C. The molecule has 0 saturated carbocycles. The Morgan fingerprint density at radius 3 is 2.00 bits per heavy atom. The number of carbonyl (C=O) groups is 1. The molecule has 0 amide bonds. The molecule has 0 fully saturated rings. The number of esters is 1. The van der Waals surface area contributed by atoms with E-state index in [-0.39, 0.29) is 29.3 Å². The zero-order chi connectivity index (χ0) is 14.6. The Balaban J connectivity index is 4.63. The molecular formula is C14H28O4. The molecule has 0 aliphatic carbocycles.